The van der Waals surface area contributed by atoms with Crippen LogP contribution < -0.4 is 0 Å². The first-order valence-electron chi connectivity index (χ1n) is 4.74. The number of phenols is 1. The normalized spacial score (nSPS) is 12.1. The Hall–Kier alpha value is -1.88. The van der Waals surface area contributed by atoms with Crippen LogP contribution in [0.3, 0.4) is 0 Å². The van der Waals surface area contributed by atoms with Crippen molar-refractivity contribution in [1.29, 1.82) is 0 Å². The minimum absolute atomic E-state index is 0.174. The summed E-state index contributed by atoms with van der Waals surface area (Å²) in [5, 5.41) is 27.3. The molecule has 1 aromatic carbocycles. The van der Waals surface area contributed by atoms with Crippen LogP contribution in [0.1, 0.15) is 35.4 Å². The molecule has 0 aliphatic carbocycles. The van der Waals surface area contributed by atoms with Crippen LogP contribution in [0.5, 0.6) is 5.75 Å². The molecule has 0 radical (unpaired) electrons. The minimum atomic E-state index is -1.83. The number of carbonyl (C=O) groups is 2. The maximum Gasteiger partial charge on any atom is 0.337 e. The van der Waals surface area contributed by atoms with Gasteiger partial charge in [0.15, 0.2) is 11.9 Å². The Labute approximate surface area is 92.0 Å². The highest BCUT2D eigenvalue weighted by Crippen LogP contribution is 2.26. The number of hydrogen-bond donors (Lipinski definition) is 3. The highest BCUT2D eigenvalue weighted by atomic mass is 16.4. The highest BCUT2D eigenvalue weighted by molar-refractivity contribution is 5.96. The first-order valence-corrected chi connectivity index (χ1v) is 4.74. The average Bonchev–Trinajstić information content (AvgIpc) is 2.27. The first-order chi connectivity index (χ1) is 7.47. The molecule has 0 amide bonds. The van der Waals surface area contributed by atoms with Crippen LogP contribution in [-0.4, -0.2) is 27.1 Å². The molecule has 86 valence electrons. The Morgan fingerprint density at radius 3 is 2.50 bits per heavy atom. The second-order valence-electron chi connectivity index (χ2n) is 3.29. The molecule has 0 aliphatic rings. The summed E-state index contributed by atoms with van der Waals surface area (Å²) in [7, 11) is 0. The second kappa shape index (κ2) is 4.76. The maximum absolute atomic E-state index is 11.4. The van der Waals surface area contributed by atoms with Crippen LogP contribution in [0.15, 0.2) is 18.2 Å². The first kappa shape index (κ1) is 12.2. The number of aromatic hydroxyl groups is 1. The standard InChI is InChI=1S/C11H12O5/c1-2-8(12)6-3-4-9(13)7(5-6)10(14)11(15)16/h3-5,10,13-14H,2H2,1H3,(H,15,16). The van der Waals surface area contributed by atoms with Gasteiger partial charge in [-0.05, 0) is 18.2 Å². The Morgan fingerprint density at radius 2 is 2.00 bits per heavy atom. The number of ketones is 1. The average molecular weight is 224 g/mol. The van der Waals surface area contributed by atoms with E-state index in [2.05, 4.69) is 0 Å². The fraction of sp³-hybridized carbons (Fsp3) is 0.273. The van der Waals surface area contributed by atoms with Crippen molar-refractivity contribution >= 4 is 11.8 Å². The fourth-order valence-corrected chi connectivity index (χ4v) is 1.28. The van der Waals surface area contributed by atoms with E-state index < -0.39 is 12.1 Å². The van der Waals surface area contributed by atoms with Crippen molar-refractivity contribution < 1.29 is 24.9 Å². The highest BCUT2D eigenvalue weighted by Gasteiger charge is 2.20. The van der Waals surface area contributed by atoms with E-state index in [-0.39, 0.29) is 29.1 Å². The molecule has 0 aliphatic heterocycles. The Balaban J connectivity index is 3.18. The quantitative estimate of drug-likeness (QED) is 0.666. The summed E-state index contributed by atoms with van der Waals surface area (Å²) in [6.45, 7) is 1.67. The number of aliphatic hydroxyl groups excluding tert-OH is 1. The number of benzene rings is 1. The summed E-state index contributed by atoms with van der Waals surface area (Å²) in [5.74, 6) is -2.00. The molecule has 0 heterocycles. The van der Waals surface area contributed by atoms with Crippen LogP contribution in [-0.2, 0) is 4.79 Å². The third-order valence-electron chi connectivity index (χ3n) is 2.20. The maximum atomic E-state index is 11.4. The van der Waals surface area contributed by atoms with Crippen molar-refractivity contribution in [2.45, 2.75) is 19.4 Å². The lowest BCUT2D eigenvalue weighted by Gasteiger charge is -2.09. The molecule has 0 aromatic heterocycles. The molecule has 5 nitrogen and oxygen atoms in total. The van der Waals surface area contributed by atoms with Gasteiger partial charge in [-0.3, -0.25) is 4.79 Å². The SMILES string of the molecule is CCC(=O)c1ccc(O)c(C(O)C(=O)O)c1. The van der Waals surface area contributed by atoms with Crippen molar-refractivity contribution in [3.05, 3.63) is 29.3 Å². The van der Waals surface area contributed by atoms with Crippen molar-refractivity contribution in [1.82, 2.24) is 0 Å². The monoisotopic (exact) mass is 224 g/mol. The van der Waals surface area contributed by atoms with Crippen molar-refractivity contribution in [3.63, 3.8) is 0 Å². The molecular weight excluding hydrogens is 212 g/mol. The smallest absolute Gasteiger partial charge is 0.337 e. The summed E-state index contributed by atoms with van der Waals surface area (Å²) in [6.07, 6.45) is -1.56. The lowest BCUT2D eigenvalue weighted by molar-refractivity contribution is -0.147. The van der Waals surface area contributed by atoms with E-state index in [1.54, 1.807) is 6.92 Å². The van der Waals surface area contributed by atoms with Crippen LogP contribution in [0, 0.1) is 0 Å². The Bertz CT molecular complexity index is 424. The van der Waals surface area contributed by atoms with Gasteiger partial charge in [-0.2, -0.15) is 0 Å². The fourth-order valence-electron chi connectivity index (χ4n) is 1.28. The molecule has 3 N–H and O–H groups in total. The third-order valence-corrected chi connectivity index (χ3v) is 2.20. The van der Waals surface area contributed by atoms with Crippen LogP contribution in [0.2, 0.25) is 0 Å². The predicted octanol–water partition coefficient (Wildman–Crippen LogP) is 1.10. The summed E-state index contributed by atoms with van der Waals surface area (Å²) in [5.41, 5.74) is 0.0994. The molecule has 0 spiro atoms. The lowest BCUT2D eigenvalue weighted by Crippen LogP contribution is -2.11. The summed E-state index contributed by atoms with van der Waals surface area (Å²) in [4.78, 5) is 21.9. The lowest BCUT2D eigenvalue weighted by atomic mass is 10.0. The van der Waals surface area contributed by atoms with E-state index in [0.717, 1.165) is 0 Å². The Kier molecular flexibility index (Phi) is 3.63. The molecule has 1 aromatic rings. The molecule has 16 heavy (non-hydrogen) atoms. The predicted molar refractivity (Wildman–Crippen MR) is 55.3 cm³/mol. The molecule has 0 bridgehead atoms. The number of aliphatic hydroxyl groups is 1. The second-order valence-corrected chi connectivity index (χ2v) is 3.29. The molecule has 1 unspecified atom stereocenters. The Morgan fingerprint density at radius 1 is 1.38 bits per heavy atom. The van der Waals surface area contributed by atoms with E-state index in [0.29, 0.717) is 0 Å². The zero-order chi connectivity index (χ0) is 12.3. The molecule has 0 saturated carbocycles. The number of rotatable bonds is 4. The van der Waals surface area contributed by atoms with Crippen molar-refractivity contribution in [2.75, 3.05) is 0 Å². The van der Waals surface area contributed by atoms with Gasteiger partial charge in [0, 0.05) is 17.5 Å². The van der Waals surface area contributed by atoms with Crippen molar-refractivity contribution in [3.8, 4) is 5.75 Å². The van der Waals surface area contributed by atoms with Crippen molar-refractivity contribution in [2.24, 2.45) is 0 Å². The molecule has 0 fully saturated rings. The van der Waals surface area contributed by atoms with E-state index in [1.807, 2.05) is 0 Å². The largest absolute Gasteiger partial charge is 0.508 e. The number of carbonyl (C=O) groups excluding carboxylic acids is 1. The summed E-state index contributed by atoms with van der Waals surface area (Å²) in [6, 6.07) is 3.78. The molecule has 5 heteroatoms. The summed E-state index contributed by atoms with van der Waals surface area (Å²) < 4.78 is 0. The van der Waals surface area contributed by atoms with Crippen LogP contribution in [0.4, 0.5) is 0 Å². The van der Waals surface area contributed by atoms with Gasteiger partial charge < -0.3 is 15.3 Å². The van der Waals surface area contributed by atoms with Gasteiger partial charge in [-0.15, -0.1) is 0 Å². The minimum Gasteiger partial charge on any atom is -0.508 e. The van der Waals surface area contributed by atoms with Crippen LogP contribution in [0.25, 0.3) is 0 Å². The van der Waals surface area contributed by atoms with Gasteiger partial charge in [-0.25, -0.2) is 4.79 Å². The zero-order valence-electron chi connectivity index (χ0n) is 8.67. The number of carboxylic acid groups (broad SMARTS) is 1. The zero-order valence-corrected chi connectivity index (χ0v) is 8.67. The molecule has 1 rings (SSSR count). The number of phenolic OH excluding ortho intramolecular Hbond substituents is 1. The molecule has 0 saturated heterocycles. The van der Waals surface area contributed by atoms with Gasteiger partial charge in [0.25, 0.3) is 0 Å². The van der Waals surface area contributed by atoms with Gasteiger partial charge in [-0.1, -0.05) is 6.92 Å². The third kappa shape index (κ3) is 2.38. The number of Topliss-reactive ketones (excluding diaryl/α,β-unsaturated/α-hetero) is 1. The van der Waals surface area contributed by atoms with Gasteiger partial charge in [0.05, 0.1) is 0 Å². The number of carboxylic acids is 1. The number of aliphatic carboxylic acids is 1. The summed E-state index contributed by atoms with van der Waals surface area (Å²) >= 11 is 0. The van der Waals surface area contributed by atoms with E-state index in [1.165, 1.54) is 18.2 Å². The van der Waals surface area contributed by atoms with Crippen LogP contribution >= 0.6 is 0 Å². The van der Waals surface area contributed by atoms with E-state index in [4.69, 9.17) is 5.11 Å². The van der Waals surface area contributed by atoms with Gasteiger partial charge >= 0.3 is 5.97 Å². The topological polar surface area (TPSA) is 94.8 Å². The van der Waals surface area contributed by atoms with E-state index >= 15 is 0 Å². The molecule has 1 atom stereocenters. The van der Waals surface area contributed by atoms with Gasteiger partial charge in [0.2, 0.25) is 0 Å². The van der Waals surface area contributed by atoms with E-state index in [9.17, 15) is 19.8 Å². The van der Waals surface area contributed by atoms with Gasteiger partial charge in [0.1, 0.15) is 5.75 Å². The molecular formula is C11H12O5. The number of hydrogen-bond acceptors (Lipinski definition) is 4.